The molecule has 3 atom stereocenters. The highest BCUT2D eigenvalue weighted by molar-refractivity contribution is 5.93. The molecule has 1 fully saturated rings. The third kappa shape index (κ3) is 4.15. The van der Waals surface area contributed by atoms with Gasteiger partial charge in [-0.1, -0.05) is 0 Å². The van der Waals surface area contributed by atoms with Crippen LogP contribution in [0.3, 0.4) is 0 Å². The van der Waals surface area contributed by atoms with Gasteiger partial charge in [0.2, 0.25) is 11.8 Å². The van der Waals surface area contributed by atoms with Gasteiger partial charge >= 0.3 is 0 Å². The number of aromatic amines is 1. The van der Waals surface area contributed by atoms with E-state index in [1.54, 1.807) is 16.9 Å². The number of nitrogens with one attached hydrogen (secondary N) is 1. The van der Waals surface area contributed by atoms with Crippen molar-refractivity contribution >= 4 is 23.1 Å². The molecule has 0 amide bonds. The number of benzene rings is 1. The Hall–Kier alpha value is -3.70. The van der Waals surface area contributed by atoms with Gasteiger partial charge in [0.25, 0.3) is 0 Å². The van der Waals surface area contributed by atoms with Gasteiger partial charge in [0, 0.05) is 36.7 Å². The van der Waals surface area contributed by atoms with Gasteiger partial charge < -0.3 is 14.6 Å². The maximum atomic E-state index is 15.4. The third-order valence-corrected chi connectivity index (χ3v) is 7.58. The van der Waals surface area contributed by atoms with Gasteiger partial charge in [0.1, 0.15) is 11.9 Å². The molecule has 11 heteroatoms. The molecule has 4 bridgehead atoms. The summed E-state index contributed by atoms with van der Waals surface area (Å²) in [5.74, 6) is 0.685. The summed E-state index contributed by atoms with van der Waals surface area (Å²) in [4.78, 5) is 2.37. The first-order valence-electron chi connectivity index (χ1n) is 13.1. The maximum absolute atomic E-state index is 15.4. The predicted molar refractivity (Wildman–Crippen MR) is 141 cm³/mol. The Kier molecular flexibility index (Phi) is 6.40. The lowest BCUT2D eigenvalue weighted by Crippen LogP contribution is -2.48. The molecule has 5 heterocycles. The molecule has 38 heavy (non-hydrogen) atoms. The van der Waals surface area contributed by atoms with Crippen LogP contribution in [0.5, 0.6) is 11.8 Å². The summed E-state index contributed by atoms with van der Waals surface area (Å²) in [5, 5.41) is 27.0. The highest BCUT2D eigenvalue weighted by atomic mass is 19.1. The fourth-order valence-electron chi connectivity index (χ4n) is 5.54. The number of piperidine rings is 1. The number of hydrogen-bond acceptors (Lipinski definition) is 7. The molecule has 10 nitrogen and oxygen atoms in total. The summed E-state index contributed by atoms with van der Waals surface area (Å²) in [6.45, 7) is 6.37. The molecular weight excluding hydrogens is 489 g/mol. The van der Waals surface area contributed by atoms with E-state index >= 15 is 4.39 Å². The molecule has 2 aliphatic heterocycles. The van der Waals surface area contributed by atoms with Gasteiger partial charge in [-0.3, -0.25) is 14.7 Å². The molecule has 0 aliphatic carbocycles. The van der Waals surface area contributed by atoms with E-state index in [1.807, 2.05) is 30.8 Å². The van der Waals surface area contributed by atoms with Crippen LogP contribution in [0, 0.1) is 5.82 Å². The van der Waals surface area contributed by atoms with Gasteiger partial charge in [-0.15, -0.1) is 5.10 Å². The number of nitrogens with zero attached hydrogens (tertiary/aromatic N) is 6. The number of fused-ring (bicyclic) bond motifs is 6. The van der Waals surface area contributed by atoms with Crippen molar-refractivity contribution in [3.63, 3.8) is 0 Å². The molecule has 3 unspecified atom stereocenters. The van der Waals surface area contributed by atoms with Crippen LogP contribution in [0.4, 0.5) is 4.39 Å². The molecule has 0 saturated carbocycles. The molecule has 3 aromatic heterocycles. The minimum Gasteiger partial charge on any atom is -0.476 e. The zero-order valence-corrected chi connectivity index (χ0v) is 21.8. The van der Waals surface area contributed by atoms with E-state index in [0.29, 0.717) is 53.8 Å². The predicted octanol–water partition coefficient (Wildman–Crippen LogP) is 3.61. The summed E-state index contributed by atoms with van der Waals surface area (Å²) >= 11 is 0. The average Bonchev–Trinajstić information content (AvgIpc) is 3.55. The summed E-state index contributed by atoms with van der Waals surface area (Å²) in [6.07, 6.45) is 7.23. The van der Waals surface area contributed by atoms with Crippen molar-refractivity contribution in [3.8, 4) is 22.9 Å². The first-order valence-corrected chi connectivity index (χ1v) is 13.1. The first-order chi connectivity index (χ1) is 18.5. The van der Waals surface area contributed by atoms with Crippen molar-refractivity contribution in [2.45, 2.75) is 51.9 Å². The van der Waals surface area contributed by atoms with Crippen LogP contribution in [-0.2, 0) is 20.1 Å². The van der Waals surface area contributed by atoms with Crippen LogP contribution < -0.4 is 9.47 Å². The highest BCUT2D eigenvalue weighted by Gasteiger charge is 2.33. The van der Waals surface area contributed by atoms with E-state index in [2.05, 4.69) is 32.2 Å². The number of aliphatic hydroxyl groups is 1. The topological polar surface area (TPSA) is 106 Å². The van der Waals surface area contributed by atoms with Crippen molar-refractivity contribution in [3.05, 3.63) is 41.1 Å². The first kappa shape index (κ1) is 24.6. The van der Waals surface area contributed by atoms with E-state index in [0.717, 1.165) is 36.0 Å². The third-order valence-electron chi connectivity index (χ3n) is 7.58. The number of halogens is 1. The van der Waals surface area contributed by atoms with Gasteiger partial charge in [-0.2, -0.15) is 10.2 Å². The lowest BCUT2D eigenvalue weighted by Gasteiger charge is -2.39. The Balaban J connectivity index is 1.57. The number of aryl methyl sites for hydroxylation is 1. The SMILES string of the molecule is CCOc1nn(CCO)c2c1/C=C/c1n[nH]c3cc(F)c(cc13)-c1cnn(C)c1OC1CCCN(C2)C1C. The second-order valence-electron chi connectivity index (χ2n) is 9.86. The smallest absolute Gasteiger partial charge is 0.240 e. The van der Waals surface area contributed by atoms with E-state index in [-0.39, 0.29) is 24.6 Å². The van der Waals surface area contributed by atoms with Gasteiger partial charge in [0.15, 0.2) is 0 Å². The molecule has 1 saturated heterocycles. The Bertz CT molecular complexity index is 1500. The normalized spacial score (nSPS) is 21.9. The van der Waals surface area contributed by atoms with Crippen molar-refractivity contribution < 1.29 is 19.0 Å². The molecule has 1 aromatic carbocycles. The van der Waals surface area contributed by atoms with Crippen molar-refractivity contribution in [2.75, 3.05) is 19.8 Å². The second kappa shape index (κ2) is 9.88. The summed E-state index contributed by atoms with van der Waals surface area (Å²) in [6, 6.07) is 3.34. The lowest BCUT2D eigenvalue weighted by atomic mass is 9.99. The standard InChI is InChI=1S/C27H32FN7O3/c1-4-37-26-17-7-8-22-19-12-18(21(28)13-23(19)31-30-22)20-14-29-33(3)27(20)38-25-6-5-9-34(16(25)2)15-24(17)35(32-26)10-11-36/h7-8,12-14,16,25,36H,4-6,9-11,15H2,1-3H3,(H,30,31)/b8-7+. The van der Waals surface area contributed by atoms with Crippen LogP contribution in [0.15, 0.2) is 18.3 Å². The van der Waals surface area contributed by atoms with E-state index in [4.69, 9.17) is 9.47 Å². The van der Waals surface area contributed by atoms with Crippen LogP contribution in [0.25, 0.3) is 34.2 Å². The molecule has 0 radical (unpaired) electrons. The number of rotatable bonds is 4. The monoisotopic (exact) mass is 521 g/mol. The Morgan fingerprint density at radius 2 is 2.13 bits per heavy atom. The molecule has 4 aromatic rings. The van der Waals surface area contributed by atoms with Gasteiger partial charge in [0.05, 0.1) is 54.0 Å². The molecule has 6 rings (SSSR count). The highest BCUT2D eigenvalue weighted by Crippen LogP contribution is 2.37. The van der Waals surface area contributed by atoms with Crippen LogP contribution in [0.1, 0.15) is 43.6 Å². The minimum absolute atomic E-state index is 0.0354. The fraction of sp³-hybridized carbons (Fsp3) is 0.444. The Morgan fingerprint density at radius 3 is 2.95 bits per heavy atom. The number of aliphatic hydroxyl groups excluding tert-OH is 1. The van der Waals surface area contributed by atoms with Crippen LogP contribution >= 0.6 is 0 Å². The molecule has 2 aliphatic rings. The number of aromatic nitrogens is 6. The van der Waals surface area contributed by atoms with Crippen LogP contribution in [0.2, 0.25) is 0 Å². The molecule has 0 spiro atoms. The van der Waals surface area contributed by atoms with Gasteiger partial charge in [-0.25, -0.2) is 9.07 Å². The Labute approximate surface area is 219 Å². The Morgan fingerprint density at radius 1 is 1.26 bits per heavy atom. The van der Waals surface area contributed by atoms with E-state index in [1.165, 1.54) is 6.07 Å². The quantitative estimate of drug-likeness (QED) is 0.423. The summed E-state index contributed by atoms with van der Waals surface area (Å²) < 4.78 is 31.4. The number of ether oxygens (including phenoxy) is 2. The van der Waals surface area contributed by atoms with Gasteiger partial charge in [-0.05, 0) is 51.5 Å². The molecular formula is C27H32FN7O3. The number of H-pyrrole nitrogens is 1. The molecule has 2 N–H and O–H groups in total. The molecule has 200 valence electrons. The minimum atomic E-state index is -0.372. The fourth-order valence-corrected chi connectivity index (χ4v) is 5.54. The van der Waals surface area contributed by atoms with Crippen molar-refractivity contribution in [1.82, 2.24) is 34.7 Å². The average molecular weight is 522 g/mol. The van der Waals surface area contributed by atoms with Crippen molar-refractivity contribution in [1.29, 1.82) is 0 Å². The zero-order chi connectivity index (χ0) is 26.4. The zero-order valence-electron chi connectivity index (χ0n) is 21.8. The van der Waals surface area contributed by atoms with E-state index < -0.39 is 0 Å². The van der Waals surface area contributed by atoms with E-state index in [9.17, 15) is 5.11 Å². The lowest BCUT2D eigenvalue weighted by molar-refractivity contribution is 0.0253. The van der Waals surface area contributed by atoms with Crippen molar-refractivity contribution in [2.24, 2.45) is 7.05 Å². The largest absolute Gasteiger partial charge is 0.476 e. The second-order valence-corrected chi connectivity index (χ2v) is 9.86. The van der Waals surface area contributed by atoms with Crippen LogP contribution in [-0.4, -0.2) is 71.7 Å². The maximum Gasteiger partial charge on any atom is 0.240 e. The summed E-state index contributed by atoms with van der Waals surface area (Å²) in [7, 11) is 1.82. The number of hydrogen-bond donors (Lipinski definition) is 2. The summed E-state index contributed by atoms with van der Waals surface area (Å²) in [5.41, 5.74) is 4.09.